The van der Waals surface area contributed by atoms with E-state index < -0.39 is 12.0 Å². The summed E-state index contributed by atoms with van der Waals surface area (Å²) in [6.07, 6.45) is 0.789. The lowest BCUT2D eigenvalue weighted by molar-refractivity contribution is -0.154. The number of fused-ring (bicyclic) bond motifs is 1. The molecule has 1 heterocycles. The Hall–Kier alpha value is -3.15. The van der Waals surface area contributed by atoms with Gasteiger partial charge in [0.25, 0.3) is 11.8 Å². The zero-order valence-corrected chi connectivity index (χ0v) is 16.8. The van der Waals surface area contributed by atoms with Crippen LogP contribution >= 0.6 is 0 Å². The topological polar surface area (TPSA) is 75.7 Å². The molecule has 0 aliphatic carbocycles. The van der Waals surface area contributed by atoms with Crippen molar-refractivity contribution in [3.05, 3.63) is 71.3 Å². The van der Waals surface area contributed by atoms with Crippen LogP contribution < -0.4 is 5.32 Å². The normalized spacial score (nSPS) is 14.1. The molecule has 3 rings (SSSR count). The van der Waals surface area contributed by atoms with E-state index in [1.807, 2.05) is 38.1 Å². The molecule has 2 aromatic rings. The molecule has 1 atom stereocenters. The molecule has 0 bridgehead atoms. The predicted octanol–water partition coefficient (Wildman–Crippen LogP) is 2.57. The monoisotopic (exact) mass is 394 g/mol. The van der Waals surface area contributed by atoms with E-state index >= 15 is 0 Å². The van der Waals surface area contributed by atoms with Crippen LogP contribution in [0.4, 0.5) is 0 Å². The van der Waals surface area contributed by atoms with Crippen molar-refractivity contribution in [2.75, 3.05) is 13.2 Å². The van der Waals surface area contributed by atoms with Crippen LogP contribution in [0.25, 0.3) is 0 Å². The molecule has 0 unspecified atom stereocenters. The molecular weight excluding hydrogens is 368 g/mol. The number of nitrogens with one attached hydrogen (secondary N) is 1. The van der Waals surface area contributed by atoms with Crippen molar-refractivity contribution in [2.45, 2.75) is 32.9 Å². The van der Waals surface area contributed by atoms with Gasteiger partial charge in [-0.05, 0) is 35.6 Å². The number of nitrogens with zero attached hydrogens (tertiary/aromatic N) is 1. The highest BCUT2D eigenvalue weighted by Crippen LogP contribution is 2.18. The zero-order valence-electron chi connectivity index (χ0n) is 16.8. The third-order valence-electron chi connectivity index (χ3n) is 5.06. The van der Waals surface area contributed by atoms with E-state index in [1.165, 1.54) is 5.56 Å². The number of carbonyl (C=O) groups excluding carboxylic acids is 3. The molecule has 6 heteroatoms. The van der Waals surface area contributed by atoms with Crippen LogP contribution in [0.15, 0.2) is 54.6 Å². The highest BCUT2D eigenvalue weighted by Gasteiger charge is 2.28. The molecule has 0 saturated heterocycles. The van der Waals surface area contributed by atoms with Crippen LogP contribution in [0.5, 0.6) is 0 Å². The largest absolute Gasteiger partial charge is 0.454 e. The summed E-state index contributed by atoms with van der Waals surface area (Å²) in [5, 5.41) is 2.71. The standard InChI is InChI=1S/C23H26N2O4/c1-16(2)21(24-22(27)18-9-4-3-5-10-18)23(28)29-15-20(26)25-13-12-17-8-6-7-11-19(17)14-25/h3-11,16,21H,12-15H2,1-2H3,(H,24,27)/t21-/m1/s1. The molecule has 0 radical (unpaired) electrons. The van der Waals surface area contributed by atoms with Crippen LogP contribution in [0.1, 0.15) is 35.3 Å². The fraction of sp³-hybridized carbons (Fsp3) is 0.348. The van der Waals surface area contributed by atoms with Gasteiger partial charge in [0.2, 0.25) is 0 Å². The number of hydrogen-bond donors (Lipinski definition) is 1. The van der Waals surface area contributed by atoms with Crippen molar-refractivity contribution in [3.8, 4) is 0 Å². The van der Waals surface area contributed by atoms with Gasteiger partial charge in [-0.2, -0.15) is 0 Å². The first-order chi connectivity index (χ1) is 14.0. The van der Waals surface area contributed by atoms with E-state index in [4.69, 9.17) is 4.74 Å². The fourth-order valence-corrected chi connectivity index (χ4v) is 3.33. The molecule has 0 fully saturated rings. The maximum absolute atomic E-state index is 12.5. The maximum atomic E-state index is 12.5. The lowest BCUT2D eigenvalue weighted by Crippen LogP contribution is -2.46. The van der Waals surface area contributed by atoms with E-state index in [1.54, 1.807) is 29.2 Å². The summed E-state index contributed by atoms with van der Waals surface area (Å²) >= 11 is 0. The van der Waals surface area contributed by atoms with Gasteiger partial charge in [-0.15, -0.1) is 0 Å². The Balaban J connectivity index is 1.55. The average molecular weight is 394 g/mol. The van der Waals surface area contributed by atoms with E-state index in [2.05, 4.69) is 11.4 Å². The van der Waals surface area contributed by atoms with Gasteiger partial charge in [0.05, 0.1) is 0 Å². The number of carbonyl (C=O) groups is 3. The Labute approximate surface area is 170 Å². The summed E-state index contributed by atoms with van der Waals surface area (Å²) in [7, 11) is 0. The van der Waals surface area contributed by atoms with Crippen LogP contribution in [0.3, 0.4) is 0 Å². The minimum absolute atomic E-state index is 0.174. The Morgan fingerprint density at radius 2 is 1.66 bits per heavy atom. The number of hydrogen-bond acceptors (Lipinski definition) is 4. The maximum Gasteiger partial charge on any atom is 0.329 e. The highest BCUT2D eigenvalue weighted by atomic mass is 16.5. The molecular formula is C23H26N2O4. The smallest absolute Gasteiger partial charge is 0.329 e. The lowest BCUT2D eigenvalue weighted by atomic mass is 10.00. The number of amides is 2. The lowest BCUT2D eigenvalue weighted by Gasteiger charge is -2.29. The van der Waals surface area contributed by atoms with E-state index in [0.29, 0.717) is 18.7 Å². The average Bonchev–Trinajstić information content (AvgIpc) is 2.75. The minimum Gasteiger partial charge on any atom is -0.454 e. The molecule has 152 valence electrons. The van der Waals surface area contributed by atoms with Gasteiger partial charge in [-0.25, -0.2) is 4.79 Å². The van der Waals surface area contributed by atoms with Gasteiger partial charge in [0.15, 0.2) is 6.61 Å². The minimum atomic E-state index is -0.822. The molecule has 29 heavy (non-hydrogen) atoms. The van der Waals surface area contributed by atoms with Gasteiger partial charge in [0, 0.05) is 18.7 Å². The van der Waals surface area contributed by atoms with Crippen molar-refractivity contribution < 1.29 is 19.1 Å². The molecule has 2 aromatic carbocycles. The molecule has 1 aliphatic heterocycles. The Kier molecular flexibility index (Phi) is 6.65. The van der Waals surface area contributed by atoms with Gasteiger partial charge in [-0.1, -0.05) is 56.3 Å². The molecule has 2 amide bonds. The second-order valence-electron chi connectivity index (χ2n) is 7.50. The SMILES string of the molecule is CC(C)[C@@H](NC(=O)c1ccccc1)C(=O)OCC(=O)N1CCc2ccccc2C1. The zero-order chi connectivity index (χ0) is 20.8. The third-order valence-corrected chi connectivity index (χ3v) is 5.06. The number of rotatable bonds is 6. The molecule has 1 aliphatic rings. The van der Waals surface area contributed by atoms with E-state index in [9.17, 15) is 14.4 Å². The first-order valence-electron chi connectivity index (χ1n) is 9.83. The van der Waals surface area contributed by atoms with E-state index in [0.717, 1.165) is 12.0 Å². The first kappa shape index (κ1) is 20.6. The van der Waals surface area contributed by atoms with Crippen molar-refractivity contribution in [1.82, 2.24) is 10.2 Å². The Morgan fingerprint density at radius 1 is 1.00 bits per heavy atom. The summed E-state index contributed by atoms with van der Waals surface area (Å²) in [6, 6.07) is 15.9. The van der Waals surface area contributed by atoms with E-state index in [-0.39, 0.29) is 24.3 Å². The quantitative estimate of drug-likeness (QED) is 0.764. The highest BCUT2D eigenvalue weighted by molar-refractivity contribution is 5.97. The second kappa shape index (κ2) is 9.37. The van der Waals surface area contributed by atoms with Crippen molar-refractivity contribution >= 4 is 17.8 Å². The number of ether oxygens (including phenoxy) is 1. The summed E-state index contributed by atoms with van der Waals surface area (Å²) in [5.74, 6) is -1.35. The third kappa shape index (κ3) is 5.22. The molecule has 0 saturated carbocycles. The van der Waals surface area contributed by atoms with Crippen molar-refractivity contribution in [2.24, 2.45) is 5.92 Å². The van der Waals surface area contributed by atoms with Crippen LogP contribution in [-0.2, 0) is 27.3 Å². The Morgan fingerprint density at radius 3 is 2.34 bits per heavy atom. The second-order valence-corrected chi connectivity index (χ2v) is 7.50. The van der Waals surface area contributed by atoms with Crippen LogP contribution in [0, 0.1) is 5.92 Å². The molecule has 0 spiro atoms. The Bertz CT molecular complexity index is 879. The van der Waals surface area contributed by atoms with Crippen molar-refractivity contribution in [1.29, 1.82) is 0 Å². The van der Waals surface area contributed by atoms with Gasteiger partial charge >= 0.3 is 5.97 Å². The molecule has 6 nitrogen and oxygen atoms in total. The molecule has 0 aromatic heterocycles. The summed E-state index contributed by atoms with van der Waals surface area (Å²) < 4.78 is 5.26. The summed E-state index contributed by atoms with van der Waals surface area (Å²) in [5.41, 5.74) is 2.83. The van der Waals surface area contributed by atoms with Gasteiger partial charge in [0.1, 0.15) is 6.04 Å². The van der Waals surface area contributed by atoms with Gasteiger partial charge < -0.3 is 15.0 Å². The number of esters is 1. The first-order valence-corrected chi connectivity index (χ1v) is 9.83. The van der Waals surface area contributed by atoms with Crippen LogP contribution in [-0.4, -0.2) is 41.9 Å². The fourth-order valence-electron chi connectivity index (χ4n) is 3.33. The number of benzene rings is 2. The van der Waals surface area contributed by atoms with Crippen LogP contribution in [0.2, 0.25) is 0 Å². The predicted molar refractivity (Wildman–Crippen MR) is 109 cm³/mol. The summed E-state index contributed by atoms with van der Waals surface area (Å²) in [6.45, 7) is 4.43. The molecule has 1 N–H and O–H groups in total. The summed E-state index contributed by atoms with van der Waals surface area (Å²) in [4.78, 5) is 39.1. The van der Waals surface area contributed by atoms with Crippen molar-refractivity contribution in [3.63, 3.8) is 0 Å². The van der Waals surface area contributed by atoms with Gasteiger partial charge in [-0.3, -0.25) is 9.59 Å².